The molecule has 0 aromatic heterocycles. The number of rotatable bonds is 4. The Balaban J connectivity index is 3.57. The molecule has 0 radical (unpaired) electrons. The molecule has 0 atom stereocenters. The zero-order chi connectivity index (χ0) is 9.56. The van der Waals surface area contributed by atoms with Crippen molar-refractivity contribution >= 4 is 11.9 Å². The fraction of sp³-hybridized carbons (Fsp3) is 0.500. The van der Waals surface area contributed by atoms with Crippen LogP contribution in [-0.4, -0.2) is 19.0 Å². The van der Waals surface area contributed by atoms with Gasteiger partial charge in [0.25, 0.3) is 0 Å². The predicted octanol–water partition coefficient (Wildman–Crippen LogP) is 0.589. The van der Waals surface area contributed by atoms with E-state index in [0.29, 0.717) is 12.1 Å². The molecule has 1 amide bonds. The Bertz CT molecular complexity index is 198. The highest BCUT2D eigenvalue weighted by Crippen LogP contribution is 1.99. The van der Waals surface area contributed by atoms with Crippen LogP contribution in [0.5, 0.6) is 0 Å². The molecule has 0 saturated heterocycles. The van der Waals surface area contributed by atoms with Gasteiger partial charge in [0.15, 0.2) is 0 Å². The summed E-state index contributed by atoms with van der Waals surface area (Å²) in [6.07, 6.45) is 0.669. The first-order chi connectivity index (χ1) is 5.56. The molecule has 0 aliphatic heterocycles. The summed E-state index contributed by atoms with van der Waals surface area (Å²) in [6, 6.07) is 0. The molecule has 0 aliphatic rings. The maximum absolute atomic E-state index is 10.6. The van der Waals surface area contributed by atoms with Crippen LogP contribution in [0.25, 0.3) is 0 Å². The molecule has 12 heavy (non-hydrogen) atoms. The van der Waals surface area contributed by atoms with Gasteiger partial charge in [0, 0.05) is 12.6 Å². The van der Waals surface area contributed by atoms with E-state index in [1.165, 1.54) is 14.0 Å². The number of hydrogen-bond donors (Lipinski definition) is 1. The van der Waals surface area contributed by atoms with E-state index >= 15 is 0 Å². The number of methoxy groups -OCH3 is 1. The highest BCUT2D eigenvalue weighted by molar-refractivity contribution is 5.75. The average Bonchev–Trinajstić information content (AvgIpc) is 1.99. The van der Waals surface area contributed by atoms with Crippen LogP contribution in [-0.2, 0) is 14.3 Å². The number of amides is 1. The maximum Gasteiger partial charge on any atom is 0.305 e. The summed E-state index contributed by atoms with van der Waals surface area (Å²) in [4.78, 5) is 21.1. The highest BCUT2D eigenvalue weighted by Gasteiger charge is 2.02. The lowest BCUT2D eigenvalue weighted by molar-refractivity contribution is -0.140. The summed E-state index contributed by atoms with van der Waals surface area (Å²) < 4.78 is 4.41. The van der Waals surface area contributed by atoms with Crippen molar-refractivity contribution in [3.05, 3.63) is 12.3 Å². The van der Waals surface area contributed by atoms with Gasteiger partial charge in [-0.25, -0.2) is 0 Å². The molecular weight excluding hydrogens is 158 g/mol. The second-order valence-electron chi connectivity index (χ2n) is 2.36. The number of carbonyl (C=O) groups is 2. The molecule has 4 nitrogen and oxygen atoms in total. The molecule has 0 heterocycles. The Labute approximate surface area is 71.6 Å². The third kappa shape index (κ3) is 5.46. The van der Waals surface area contributed by atoms with Crippen LogP contribution in [0.1, 0.15) is 19.8 Å². The topological polar surface area (TPSA) is 55.4 Å². The standard InChI is InChI=1S/C8H13NO3/c1-6(9-7(2)10)4-5-8(11)12-3/h1,4-5H2,2-3H3,(H,9,10). The van der Waals surface area contributed by atoms with Crippen molar-refractivity contribution < 1.29 is 14.3 Å². The van der Waals surface area contributed by atoms with E-state index in [1.807, 2.05) is 0 Å². The molecule has 0 aromatic rings. The van der Waals surface area contributed by atoms with Gasteiger partial charge in [0.1, 0.15) is 0 Å². The summed E-state index contributed by atoms with van der Waals surface area (Å²) >= 11 is 0. The number of ether oxygens (including phenoxy) is 1. The summed E-state index contributed by atoms with van der Waals surface area (Å²) in [5.41, 5.74) is 0.535. The number of hydrogen-bond acceptors (Lipinski definition) is 3. The van der Waals surface area contributed by atoms with E-state index in [-0.39, 0.29) is 18.3 Å². The van der Waals surface area contributed by atoms with Crippen LogP contribution >= 0.6 is 0 Å². The van der Waals surface area contributed by atoms with E-state index in [2.05, 4.69) is 16.6 Å². The van der Waals surface area contributed by atoms with Gasteiger partial charge in [-0.3, -0.25) is 9.59 Å². The van der Waals surface area contributed by atoms with Crippen molar-refractivity contribution in [1.82, 2.24) is 5.32 Å². The zero-order valence-corrected chi connectivity index (χ0v) is 7.35. The molecule has 68 valence electrons. The number of allylic oxidation sites excluding steroid dienone is 1. The van der Waals surface area contributed by atoms with Crippen LogP contribution in [0.3, 0.4) is 0 Å². The minimum atomic E-state index is -0.304. The molecule has 0 bridgehead atoms. The van der Waals surface area contributed by atoms with Gasteiger partial charge < -0.3 is 10.1 Å². The average molecular weight is 171 g/mol. The fourth-order valence-electron chi connectivity index (χ4n) is 0.666. The quantitative estimate of drug-likeness (QED) is 0.630. The van der Waals surface area contributed by atoms with Crippen molar-refractivity contribution in [3.8, 4) is 0 Å². The van der Waals surface area contributed by atoms with Crippen molar-refractivity contribution in [2.24, 2.45) is 0 Å². The molecule has 0 spiro atoms. The molecule has 0 unspecified atom stereocenters. The third-order valence-electron chi connectivity index (χ3n) is 1.21. The second kappa shape index (κ2) is 5.35. The van der Waals surface area contributed by atoms with Crippen LogP contribution < -0.4 is 5.32 Å². The first kappa shape index (κ1) is 10.7. The van der Waals surface area contributed by atoms with Gasteiger partial charge in [-0.15, -0.1) is 0 Å². The molecule has 1 N–H and O–H groups in total. The number of esters is 1. The van der Waals surface area contributed by atoms with Crippen molar-refractivity contribution in [2.75, 3.05) is 7.11 Å². The highest BCUT2D eigenvalue weighted by atomic mass is 16.5. The molecule has 0 rings (SSSR count). The number of carbonyl (C=O) groups excluding carboxylic acids is 2. The predicted molar refractivity (Wildman–Crippen MR) is 44.2 cm³/mol. The Morgan fingerprint density at radius 1 is 1.42 bits per heavy atom. The number of nitrogens with one attached hydrogen (secondary N) is 1. The van der Waals surface area contributed by atoms with Crippen molar-refractivity contribution in [2.45, 2.75) is 19.8 Å². The Kier molecular flexibility index (Phi) is 4.76. The van der Waals surface area contributed by atoms with Gasteiger partial charge in [0.2, 0.25) is 5.91 Å². The lowest BCUT2D eigenvalue weighted by Gasteiger charge is -2.04. The van der Waals surface area contributed by atoms with E-state index in [1.54, 1.807) is 0 Å². The summed E-state index contributed by atoms with van der Waals surface area (Å²) in [5, 5.41) is 2.48. The third-order valence-corrected chi connectivity index (χ3v) is 1.21. The van der Waals surface area contributed by atoms with Gasteiger partial charge in [-0.05, 0) is 6.42 Å². The van der Waals surface area contributed by atoms with Gasteiger partial charge >= 0.3 is 5.97 Å². The summed E-state index contributed by atoms with van der Waals surface area (Å²) in [6.45, 7) is 4.95. The van der Waals surface area contributed by atoms with Crippen molar-refractivity contribution in [1.29, 1.82) is 0 Å². The minimum absolute atomic E-state index is 0.176. The van der Waals surface area contributed by atoms with Crippen LogP contribution in [0.15, 0.2) is 12.3 Å². The fourth-order valence-corrected chi connectivity index (χ4v) is 0.666. The van der Waals surface area contributed by atoms with Crippen LogP contribution in [0.4, 0.5) is 0 Å². The Morgan fingerprint density at radius 2 is 2.00 bits per heavy atom. The van der Waals surface area contributed by atoms with E-state index in [4.69, 9.17) is 0 Å². The zero-order valence-electron chi connectivity index (χ0n) is 7.35. The lowest BCUT2D eigenvalue weighted by Crippen LogP contribution is -2.19. The van der Waals surface area contributed by atoms with Crippen LogP contribution in [0, 0.1) is 0 Å². The second-order valence-corrected chi connectivity index (χ2v) is 2.36. The molecule has 4 heteroatoms. The van der Waals surface area contributed by atoms with Gasteiger partial charge in [0.05, 0.1) is 13.5 Å². The summed E-state index contributed by atoms with van der Waals surface area (Å²) in [5.74, 6) is -0.480. The molecular formula is C8H13NO3. The summed E-state index contributed by atoms with van der Waals surface area (Å²) in [7, 11) is 1.32. The molecule has 0 fully saturated rings. The van der Waals surface area contributed by atoms with Gasteiger partial charge in [-0.2, -0.15) is 0 Å². The maximum atomic E-state index is 10.6. The normalized spacial score (nSPS) is 8.83. The Hall–Kier alpha value is -1.32. The van der Waals surface area contributed by atoms with E-state index < -0.39 is 0 Å². The van der Waals surface area contributed by atoms with Gasteiger partial charge in [-0.1, -0.05) is 6.58 Å². The van der Waals surface area contributed by atoms with E-state index in [0.717, 1.165) is 0 Å². The SMILES string of the molecule is C=C(CCC(=O)OC)NC(C)=O. The molecule has 0 aromatic carbocycles. The van der Waals surface area contributed by atoms with Crippen LogP contribution in [0.2, 0.25) is 0 Å². The first-order valence-electron chi connectivity index (χ1n) is 3.58. The first-order valence-corrected chi connectivity index (χ1v) is 3.58. The van der Waals surface area contributed by atoms with E-state index in [9.17, 15) is 9.59 Å². The largest absolute Gasteiger partial charge is 0.469 e. The lowest BCUT2D eigenvalue weighted by atomic mass is 10.2. The minimum Gasteiger partial charge on any atom is -0.469 e. The van der Waals surface area contributed by atoms with Crippen molar-refractivity contribution in [3.63, 3.8) is 0 Å². The Morgan fingerprint density at radius 3 is 2.42 bits per heavy atom. The smallest absolute Gasteiger partial charge is 0.305 e. The monoisotopic (exact) mass is 171 g/mol. The molecule has 0 saturated carbocycles. The molecule has 0 aliphatic carbocycles.